The number of hydrogen-bond donors (Lipinski definition) is 0. The molecule has 0 radical (unpaired) electrons. The van der Waals surface area contributed by atoms with Gasteiger partial charge in [0, 0.05) is 68.8 Å². The van der Waals surface area contributed by atoms with E-state index < -0.39 is 0 Å². The van der Waals surface area contributed by atoms with Gasteiger partial charge < -0.3 is 14.7 Å². The molecule has 0 aliphatic carbocycles. The molecule has 0 saturated carbocycles. The summed E-state index contributed by atoms with van der Waals surface area (Å²) in [6.45, 7) is 4.68. The molecule has 0 unspecified atom stereocenters. The summed E-state index contributed by atoms with van der Waals surface area (Å²) in [4.78, 5) is 20.2. The first kappa shape index (κ1) is 18.4. The molecule has 28 heavy (non-hydrogen) atoms. The van der Waals surface area contributed by atoms with Crippen molar-refractivity contribution in [3.63, 3.8) is 0 Å². The van der Waals surface area contributed by atoms with Crippen LogP contribution >= 0.6 is 0 Å². The van der Waals surface area contributed by atoms with Crippen molar-refractivity contribution >= 4 is 11.6 Å². The van der Waals surface area contributed by atoms with Crippen molar-refractivity contribution in [3.8, 4) is 11.1 Å². The Bertz CT molecular complexity index is 886. The molecule has 0 atom stereocenters. The lowest BCUT2D eigenvalue weighted by Gasteiger charge is -2.36. The molecule has 144 valence electrons. The number of benzene rings is 1. The lowest BCUT2D eigenvalue weighted by atomic mass is 10.1. The maximum atomic E-state index is 4.64. The molecule has 0 N–H and O–H groups in total. The minimum atomic E-state index is 0.808. The first-order valence-electron chi connectivity index (χ1n) is 9.65. The third-order valence-electron chi connectivity index (χ3n) is 4.99. The monoisotopic (exact) mass is 374 g/mol. The van der Waals surface area contributed by atoms with Crippen LogP contribution in [0.25, 0.3) is 11.1 Å². The normalized spacial score (nSPS) is 14.5. The third kappa shape index (κ3) is 4.28. The first-order valence-corrected chi connectivity index (χ1v) is 9.65. The SMILES string of the molecule is CN(C)Cc1cccc(-c2cnc(N3CCN(c4ccncc4)CC3)nc2)c1. The minimum Gasteiger partial charge on any atom is -0.368 e. The molecule has 2 aromatic heterocycles. The third-order valence-corrected chi connectivity index (χ3v) is 4.99. The lowest BCUT2D eigenvalue weighted by molar-refractivity contribution is 0.402. The average molecular weight is 374 g/mol. The van der Waals surface area contributed by atoms with E-state index in [9.17, 15) is 0 Å². The van der Waals surface area contributed by atoms with E-state index >= 15 is 0 Å². The van der Waals surface area contributed by atoms with E-state index in [2.05, 4.69) is 80.1 Å². The number of pyridine rings is 1. The van der Waals surface area contributed by atoms with Gasteiger partial charge in [0.05, 0.1) is 0 Å². The summed E-state index contributed by atoms with van der Waals surface area (Å²) in [5, 5.41) is 0. The highest BCUT2D eigenvalue weighted by atomic mass is 15.3. The zero-order valence-electron chi connectivity index (χ0n) is 16.5. The molecule has 1 saturated heterocycles. The van der Waals surface area contributed by atoms with Crippen LogP contribution in [0.5, 0.6) is 0 Å². The van der Waals surface area contributed by atoms with Crippen molar-refractivity contribution in [1.82, 2.24) is 19.9 Å². The van der Waals surface area contributed by atoms with E-state index in [-0.39, 0.29) is 0 Å². The van der Waals surface area contributed by atoms with Crippen molar-refractivity contribution in [3.05, 3.63) is 66.7 Å². The van der Waals surface area contributed by atoms with Gasteiger partial charge in [-0.3, -0.25) is 4.98 Å². The first-order chi connectivity index (χ1) is 13.7. The summed E-state index contributed by atoms with van der Waals surface area (Å²) in [6.07, 6.45) is 7.56. The van der Waals surface area contributed by atoms with Crippen LogP contribution in [0.3, 0.4) is 0 Å². The Morgan fingerprint density at radius 3 is 2.21 bits per heavy atom. The topological polar surface area (TPSA) is 48.4 Å². The zero-order valence-corrected chi connectivity index (χ0v) is 16.5. The largest absolute Gasteiger partial charge is 0.368 e. The molecule has 0 bridgehead atoms. The van der Waals surface area contributed by atoms with Crippen molar-refractivity contribution in [2.24, 2.45) is 0 Å². The maximum Gasteiger partial charge on any atom is 0.225 e. The molecular formula is C22H26N6. The van der Waals surface area contributed by atoms with E-state index in [1.807, 2.05) is 24.8 Å². The van der Waals surface area contributed by atoms with Crippen LogP contribution in [0, 0.1) is 0 Å². The highest BCUT2D eigenvalue weighted by molar-refractivity contribution is 5.63. The maximum absolute atomic E-state index is 4.64. The Labute approximate surface area is 166 Å². The minimum absolute atomic E-state index is 0.808. The molecule has 1 aliphatic heterocycles. The van der Waals surface area contributed by atoms with Gasteiger partial charge >= 0.3 is 0 Å². The van der Waals surface area contributed by atoms with E-state index in [1.54, 1.807) is 0 Å². The molecule has 4 rings (SSSR count). The Morgan fingerprint density at radius 2 is 1.54 bits per heavy atom. The summed E-state index contributed by atoms with van der Waals surface area (Å²) in [5.74, 6) is 0.808. The van der Waals surface area contributed by atoms with Crippen LogP contribution < -0.4 is 9.80 Å². The van der Waals surface area contributed by atoms with Crippen molar-refractivity contribution in [1.29, 1.82) is 0 Å². The van der Waals surface area contributed by atoms with E-state index in [0.717, 1.165) is 49.8 Å². The number of nitrogens with zero attached hydrogens (tertiary/aromatic N) is 6. The van der Waals surface area contributed by atoms with Gasteiger partial charge in [0.2, 0.25) is 5.95 Å². The Balaban J connectivity index is 1.41. The molecule has 3 aromatic rings. The molecule has 1 fully saturated rings. The molecule has 0 amide bonds. The summed E-state index contributed by atoms with van der Waals surface area (Å²) >= 11 is 0. The molecule has 3 heterocycles. The smallest absolute Gasteiger partial charge is 0.225 e. The van der Waals surface area contributed by atoms with Gasteiger partial charge in [-0.05, 0) is 43.4 Å². The molecule has 1 aromatic carbocycles. The Hall–Kier alpha value is -2.99. The number of piperazine rings is 1. The predicted octanol–water partition coefficient (Wildman–Crippen LogP) is 2.93. The quantitative estimate of drug-likeness (QED) is 0.684. The lowest BCUT2D eigenvalue weighted by Crippen LogP contribution is -2.47. The van der Waals surface area contributed by atoms with Crippen molar-refractivity contribution in [2.75, 3.05) is 50.1 Å². The second-order valence-electron chi connectivity index (χ2n) is 7.39. The van der Waals surface area contributed by atoms with Crippen LogP contribution in [0.4, 0.5) is 11.6 Å². The van der Waals surface area contributed by atoms with E-state index in [1.165, 1.54) is 11.3 Å². The fraction of sp³-hybridized carbons (Fsp3) is 0.318. The molecular weight excluding hydrogens is 348 g/mol. The number of rotatable bonds is 5. The van der Waals surface area contributed by atoms with Gasteiger partial charge in [-0.25, -0.2) is 9.97 Å². The van der Waals surface area contributed by atoms with Crippen molar-refractivity contribution < 1.29 is 0 Å². The summed E-state index contributed by atoms with van der Waals surface area (Å²) in [5.41, 5.74) is 4.73. The fourth-order valence-corrected chi connectivity index (χ4v) is 3.57. The highest BCUT2D eigenvalue weighted by Crippen LogP contribution is 2.22. The van der Waals surface area contributed by atoms with Crippen LogP contribution in [0.1, 0.15) is 5.56 Å². The summed E-state index contributed by atoms with van der Waals surface area (Å²) in [7, 11) is 4.16. The second kappa shape index (κ2) is 8.35. The average Bonchev–Trinajstić information content (AvgIpc) is 2.74. The van der Waals surface area contributed by atoms with E-state index in [0.29, 0.717) is 0 Å². The van der Waals surface area contributed by atoms with Gasteiger partial charge in [-0.15, -0.1) is 0 Å². The van der Waals surface area contributed by atoms with Gasteiger partial charge in [0.1, 0.15) is 0 Å². The number of aromatic nitrogens is 3. The predicted molar refractivity (Wildman–Crippen MR) is 114 cm³/mol. The highest BCUT2D eigenvalue weighted by Gasteiger charge is 2.19. The van der Waals surface area contributed by atoms with Crippen LogP contribution in [0.2, 0.25) is 0 Å². The standard InChI is InChI=1S/C22H26N6/c1-26(2)17-18-4-3-5-19(14-18)20-15-24-22(25-16-20)28-12-10-27(11-13-28)21-6-8-23-9-7-21/h3-9,14-16H,10-13,17H2,1-2H3. The summed E-state index contributed by atoms with van der Waals surface area (Å²) in [6, 6.07) is 12.7. The van der Waals surface area contributed by atoms with Crippen molar-refractivity contribution in [2.45, 2.75) is 6.54 Å². The molecule has 0 spiro atoms. The van der Waals surface area contributed by atoms with Gasteiger partial charge in [-0.2, -0.15) is 0 Å². The van der Waals surface area contributed by atoms with Crippen LogP contribution in [-0.4, -0.2) is 60.1 Å². The number of anilines is 2. The number of hydrogen-bond acceptors (Lipinski definition) is 6. The van der Waals surface area contributed by atoms with Gasteiger partial charge in [0.15, 0.2) is 0 Å². The van der Waals surface area contributed by atoms with Gasteiger partial charge in [-0.1, -0.05) is 18.2 Å². The molecule has 6 nitrogen and oxygen atoms in total. The van der Waals surface area contributed by atoms with Gasteiger partial charge in [0.25, 0.3) is 0 Å². The zero-order chi connectivity index (χ0) is 19.3. The molecule has 1 aliphatic rings. The Kier molecular flexibility index (Phi) is 5.48. The van der Waals surface area contributed by atoms with E-state index in [4.69, 9.17) is 0 Å². The Morgan fingerprint density at radius 1 is 0.857 bits per heavy atom. The fourth-order valence-electron chi connectivity index (χ4n) is 3.57. The molecule has 6 heteroatoms. The second-order valence-corrected chi connectivity index (χ2v) is 7.39. The van der Waals surface area contributed by atoms with Crippen LogP contribution in [-0.2, 0) is 6.54 Å². The van der Waals surface area contributed by atoms with Crippen LogP contribution in [0.15, 0.2) is 61.2 Å². The summed E-state index contributed by atoms with van der Waals surface area (Å²) < 4.78 is 0.